The zero-order chi connectivity index (χ0) is 13.1. The van der Waals surface area contributed by atoms with Crippen LogP contribution in [-0.4, -0.2) is 15.0 Å². The second kappa shape index (κ2) is 4.98. The average Bonchev–Trinajstić information content (AvgIpc) is 2.49. The lowest BCUT2D eigenvalue weighted by molar-refractivity contribution is 1.20. The molecule has 0 atom stereocenters. The Morgan fingerprint density at radius 1 is 0.842 bits per heavy atom. The largest absolute Gasteiger partial charge is 0.261 e. The van der Waals surface area contributed by atoms with Crippen LogP contribution in [-0.2, 0) is 0 Å². The van der Waals surface area contributed by atoms with Gasteiger partial charge in [-0.1, -0.05) is 24.3 Å². The summed E-state index contributed by atoms with van der Waals surface area (Å²) >= 11 is 0. The van der Waals surface area contributed by atoms with E-state index in [1.165, 1.54) is 5.56 Å². The van der Waals surface area contributed by atoms with Crippen molar-refractivity contribution in [2.75, 3.05) is 0 Å². The summed E-state index contributed by atoms with van der Waals surface area (Å²) in [6.45, 7) is 2.09. The van der Waals surface area contributed by atoms with Gasteiger partial charge in [0.2, 0.25) is 0 Å². The van der Waals surface area contributed by atoms with Crippen LogP contribution >= 0.6 is 0 Å². The summed E-state index contributed by atoms with van der Waals surface area (Å²) in [4.78, 5) is 12.9. The van der Waals surface area contributed by atoms with Gasteiger partial charge < -0.3 is 0 Å². The van der Waals surface area contributed by atoms with Gasteiger partial charge in [-0.2, -0.15) is 0 Å². The van der Waals surface area contributed by atoms with Gasteiger partial charge in [-0.05, 0) is 24.6 Å². The summed E-state index contributed by atoms with van der Waals surface area (Å²) in [6, 6.07) is 12.2. The van der Waals surface area contributed by atoms with E-state index in [1.807, 2.05) is 30.5 Å². The number of aryl methyl sites for hydroxylation is 1. The summed E-state index contributed by atoms with van der Waals surface area (Å²) in [5.41, 5.74) is 5.21. The molecule has 0 amide bonds. The number of benzene rings is 1. The molecule has 0 spiro atoms. The fourth-order valence-electron chi connectivity index (χ4n) is 2.05. The predicted molar refractivity (Wildman–Crippen MR) is 75.4 cm³/mol. The van der Waals surface area contributed by atoms with Crippen molar-refractivity contribution in [3.8, 4) is 22.5 Å². The van der Waals surface area contributed by atoms with Crippen LogP contribution in [0.3, 0.4) is 0 Å². The normalized spacial score (nSPS) is 10.4. The van der Waals surface area contributed by atoms with Gasteiger partial charge >= 0.3 is 0 Å². The quantitative estimate of drug-likeness (QED) is 0.695. The Balaban J connectivity index is 2.09. The smallest absolute Gasteiger partial charge is 0.0886 e. The molecule has 0 fully saturated rings. The highest BCUT2D eigenvalue weighted by molar-refractivity contribution is 5.69. The lowest BCUT2D eigenvalue weighted by atomic mass is 10.0. The van der Waals surface area contributed by atoms with E-state index in [1.54, 1.807) is 18.6 Å². The molecule has 1 aromatic carbocycles. The first-order valence-electron chi connectivity index (χ1n) is 6.13. The van der Waals surface area contributed by atoms with Crippen LogP contribution in [0.1, 0.15) is 5.56 Å². The van der Waals surface area contributed by atoms with Crippen molar-refractivity contribution in [2.24, 2.45) is 0 Å². The lowest BCUT2D eigenvalue weighted by Gasteiger charge is -2.06. The van der Waals surface area contributed by atoms with Crippen LogP contribution in [0.4, 0.5) is 0 Å². The standard InChI is InChI=1S/C16H13N3/c1-12-4-2-3-5-14(12)15-10-13(6-7-18-15)16-11-17-8-9-19-16/h2-11H,1H3. The van der Waals surface area contributed by atoms with E-state index in [0.717, 1.165) is 22.5 Å². The molecule has 0 aliphatic carbocycles. The summed E-state index contributed by atoms with van der Waals surface area (Å²) in [5.74, 6) is 0. The van der Waals surface area contributed by atoms with Gasteiger partial charge in [0.05, 0.1) is 17.6 Å². The zero-order valence-electron chi connectivity index (χ0n) is 10.6. The summed E-state index contributed by atoms with van der Waals surface area (Å²) in [7, 11) is 0. The van der Waals surface area contributed by atoms with Gasteiger partial charge in [0.1, 0.15) is 0 Å². The third kappa shape index (κ3) is 2.36. The van der Waals surface area contributed by atoms with E-state index in [4.69, 9.17) is 0 Å². The molecule has 0 saturated heterocycles. The summed E-state index contributed by atoms with van der Waals surface area (Å²) < 4.78 is 0. The Labute approximate surface area is 112 Å². The lowest BCUT2D eigenvalue weighted by Crippen LogP contribution is -1.89. The maximum absolute atomic E-state index is 4.45. The molecule has 0 unspecified atom stereocenters. The van der Waals surface area contributed by atoms with Crippen molar-refractivity contribution in [3.05, 3.63) is 66.7 Å². The molecule has 3 nitrogen and oxygen atoms in total. The SMILES string of the molecule is Cc1ccccc1-c1cc(-c2cnccn2)ccn1. The molecular weight excluding hydrogens is 234 g/mol. The molecule has 3 rings (SSSR count). The van der Waals surface area contributed by atoms with Gasteiger partial charge in [-0.15, -0.1) is 0 Å². The fourth-order valence-corrected chi connectivity index (χ4v) is 2.05. The number of pyridine rings is 1. The highest BCUT2D eigenvalue weighted by atomic mass is 14.8. The average molecular weight is 247 g/mol. The van der Waals surface area contributed by atoms with E-state index < -0.39 is 0 Å². The molecule has 0 bridgehead atoms. The molecule has 3 heteroatoms. The predicted octanol–water partition coefficient (Wildman–Crippen LogP) is 3.51. The fraction of sp³-hybridized carbons (Fsp3) is 0.0625. The van der Waals surface area contributed by atoms with Crippen molar-refractivity contribution in [1.82, 2.24) is 15.0 Å². The number of nitrogens with zero attached hydrogens (tertiary/aromatic N) is 3. The molecule has 0 radical (unpaired) electrons. The summed E-state index contributed by atoms with van der Waals surface area (Å²) in [6.07, 6.45) is 6.94. The topological polar surface area (TPSA) is 38.7 Å². The van der Waals surface area contributed by atoms with Crippen molar-refractivity contribution in [2.45, 2.75) is 6.92 Å². The van der Waals surface area contributed by atoms with Gasteiger partial charge in [0, 0.05) is 29.7 Å². The number of hydrogen-bond acceptors (Lipinski definition) is 3. The Bertz CT molecular complexity index is 693. The van der Waals surface area contributed by atoms with E-state index in [2.05, 4.69) is 34.0 Å². The third-order valence-corrected chi connectivity index (χ3v) is 3.04. The van der Waals surface area contributed by atoms with E-state index >= 15 is 0 Å². The number of rotatable bonds is 2. The van der Waals surface area contributed by atoms with Gasteiger partial charge in [0.15, 0.2) is 0 Å². The highest BCUT2D eigenvalue weighted by Crippen LogP contribution is 2.24. The second-order valence-corrected chi connectivity index (χ2v) is 4.34. The van der Waals surface area contributed by atoms with Crippen molar-refractivity contribution < 1.29 is 0 Å². The van der Waals surface area contributed by atoms with E-state index in [9.17, 15) is 0 Å². The van der Waals surface area contributed by atoms with Crippen molar-refractivity contribution in [1.29, 1.82) is 0 Å². The van der Waals surface area contributed by atoms with Crippen molar-refractivity contribution in [3.63, 3.8) is 0 Å². The maximum atomic E-state index is 4.45. The Morgan fingerprint density at radius 2 is 1.68 bits per heavy atom. The molecule has 0 aliphatic heterocycles. The minimum absolute atomic E-state index is 0.861. The molecule has 2 aromatic heterocycles. The van der Waals surface area contributed by atoms with Gasteiger partial charge in [-0.3, -0.25) is 15.0 Å². The van der Waals surface area contributed by atoms with Crippen LogP contribution < -0.4 is 0 Å². The number of aromatic nitrogens is 3. The molecule has 19 heavy (non-hydrogen) atoms. The van der Waals surface area contributed by atoms with Crippen LogP contribution in [0.2, 0.25) is 0 Å². The number of hydrogen-bond donors (Lipinski definition) is 0. The maximum Gasteiger partial charge on any atom is 0.0886 e. The van der Waals surface area contributed by atoms with Gasteiger partial charge in [-0.25, -0.2) is 0 Å². The first-order chi connectivity index (χ1) is 9.34. The molecule has 92 valence electrons. The Morgan fingerprint density at radius 3 is 2.47 bits per heavy atom. The third-order valence-electron chi connectivity index (χ3n) is 3.04. The molecule has 0 saturated carbocycles. The van der Waals surface area contributed by atoms with Crippen LogP contribution in [0.5, 0.6) is 0 Å². The second-order valence-electron chi connectivity index (χ2n) is 4.34. The summed E-state index contributed by atoms with van der Waals surface area (Å²) in [5, 5.41) is 0. The van der Waals surface area contributed by atoms with Crippen LogP contribution in [0, 0.1) is 6.92 Å². The van der Waals surface area contributed by atoms with Gasteiger partial charge in [0.25, 0.3) is 0 Å². The van der Waals surface area contributed by atoms with Crippen LogP contribution in [0.15, 0.2) is 61.2 Å². The molecule has 2 heterocycles. The van der Waals surface area contributed by atoms with Crippen LogP contribution in [0.25, 0.3) is 22.5 Å². The molecular formula is C16H13N3. The molecule has 3 aromatic rings. The van der Waals surface area contributed by atoms with E-state index in [0.29, 0.717) is 0 Å². The Kier molecular flexibility index (Phi) is 3.02. The van der Waals surface area contributed by atoms with Crippen molar-refractivity contribution >= 4 is 0 Å². The first kappa shape index (κ1) is 11.5. The highest BCUT2D eigenvalue weighted by Gasteiger charge is 2.05. The minimum Gasteiger partial charge on any atom is -0.261 e. The minimum atomic E-state index is 0.861. The van der Waals surface area contributed by atoms with E-state index in [-0.39, 0.29) is 0 Å². The molecule has 0 N–H and O–H groups in total. The first-order valence-corrected chi connectivity index (χ1v) is 6.13. The Hall–Kier alpha value is -2.55. The monoisotopic (exact) mass is 247 g/mol. The zero-order valence-corrected chi connectivity index (χ0v) is 10.6. The molecule has 0 aliphatic rings.